The molecule has 0 heterocycles. The molecule has 0 fully saturated rings. The fourth-order valence-corrected chi connectivity index (χ4v) is 0. The molecule has 0 spiro atoms. The summed E-state index contributed by atoms with van der Waals surface area (Å²) in [6, 6.07) is 0. The van der Waals surface area contributed by atoms with Gasteiger partial charge in [0.15, 0.2) is 0 Å². The van der Waals surface area contributed by atoms with E-state index in [2.05, 4.69) is 12.3 Å². The van der Waals surface area contributed by atoms with Gasteiger partial charge in [-0.1, -0.05) is 6.58 Å². The second-order valence-corrected chi connectivity index (χ2v) is 0.552. The van der Waals surface area contributed by atoms with E-state index in [1.165, 1.54) is 6.20 Å². The zero-order valence-corrected chi connectivity index (χ0v) is 4.02. The van der Waals surface area contributed by atoms with Gasteiger partial charge in [-0.05, 0) is 13.1 Å². The van der Waals surface area contributed by atoms with Crippen molar-refractivity contribution >= 4 is 0 Å². The predicted molar refractivity (Wildman–Crippen MR) is 27.1 cm³/mol. The lowest BCUT2D eigenvalue weighted by Gasteiger charge is -1.52. The van der Waals surface area contributed by atoms with Crippen molar-refractivity contribution in [2.24, 2.45) is 5.73 Å². The van der Waals surface area contributed by atoms with Crippen molar-refractivity contribution < 1.29 is 5.11 Å². The van der Waals surface area contributed by atoms with Crippen molar-refractivity contribution in [1.82, 2.24) is 0 Å². The molecule has 3 N–H and O–H groups in total. The molecule has 0 bridgehead atoms. The van der Waals surface area contributed by atoms with Crippen LogP contribution in [0.1, 0.15) is 6.92 Å². The maximum atomic E-state index is 7.57. The third-order valence-electron chi connectivity index (χ3n) is 0. The van der Waals surface area contributed by atoms with Crippen molar-refractivity contribution in [3.63, 3.8) is 0 Å². The first-order valence-electron chi connectivity index (χ1n) is 1.76. The fourth-order valence-electron chi connectivity index (χ4n) is 0. The number of hydrogen-bond donors (Lipinski definition) is 2. The van der Waals surface area contributed by atoms with Crippen molar-refractivity contribution in [3.8, 4) is 0 Å². The maximum Gasteiger partial charge on any atom is 0.0402 e. The second kappa shape index (κ2) is 24.5. The highest BCUT2D eigenvalue weighted by Gasteiger charge is 1.34. The smallest absolute Gasteiger partial charge is 0.0402 e. The highest BCUT2D eigenvalue weighted by Crippen LogP contribution is 1.30. The molecule has 6 heavy (non-hydrogen) atoms. The molecule has 2 nitrogen and oxygen atoms in total. The normalized spacial score (nSPS) is 5.00. The first kappa shape index (κ1) is 9.09. The molecule has 0 aliphatic carbocycles. The van der Waals surface area contributed by atoms with Crippen molar-refractivity contribution in [3.05, 3.63) is 12.8 Å². The van der Waals surface area contributed by atoms with Gasteiger partial charge in [-0.25, -0.2) is 0 Å². The van der Waals surface area contributed by atoms with Crippen molar-refractivity contribution in [2.45, 2.75) is 6.92 Å². The molecule has 0 aromatic rings. The minimum atomic E-state index is 0.250. The van der Waals surface area contributed by atoms with Crippen LogP contribution in [0.4, 0.5) is 0 Å². The molecule has 0 aliphatic rings. The van der Waals surface area contributed by atoms with Crippen LogP contribution in [0.15, 0.2) is 12.8 Å². The van der Waals surface area contributed by atoms with E-state index in [1.54, 1.807) is 6.92 Å². The van der Waals surface area contributed by atoms with E-state index in [0.717, 1.165) is 0 Å². The molecule has 2 heteroatoms. The summed E-state index contributed by atoms with van der Waals surface area (Å²) in [7, 11) is 0. The second-order valence-electron chi connectivity index (χ2n) is 0.552. The van der Waals surface area contributed by atoms with Crippen LogP contribution in [0.2, 0.25) is 0 Å². The van der Waals surface area contributed by atoms with Crippen LogP contribution in [-0.2, 0) is 0 Å². The molecule has 0 saturated carbocycles. The number of aliphatic hydroxyl groups is 1. The summed E-state index contributed by atoms with van der Waals surface area (Å²) in [5, 5.41) is 7.57. The van der Waals surface area contributed by atoms with Gasteiger partial charge in [-0.2, -0.15) is 0 Å². The Hall–Kier alpha value is -0.500. The Kier molecular flexibility index (Phi) is 37.1. The Morgan fingerprint density at radius 3 is 2.00 bits per heavy atom. The van der Waals surface area contributed by atoms with E-state index in [1.807, 2.05) is 0 Å². The molecular weight excluding hydrogens is 78.0 g/mol. The molecule has 0 aromatic carbocycles. The van der Waals surface area contributed by atoms with Gasteiger partial charge in [-0.3, -0.25) is 0 Å². The van der Waals surface area contributed by atoms with E-state index in [9.17, 15) is 0 Å². The number of rotatable bonds is 0. The first-order valence-corrected chi connectivity index (χ1v) is 1.76. The Balaban J connectivity index is 0. The van der Waals surface area contributed by atoms with E-state index in [0.29, 0.717) is 0 Å². The molecule has 0 aromatic heterocycles. The zero-order valence-electron chi connectivity index (χ0n) is 4.02. The van der Waals surface area contributed by atoms with Gasteiger partial charge in [0.05, 0.1) is 0 Å². The Morgan fingerprint density at radius 2 is 2.00 bits per heavy atom. The fraction of sp³-hybridized carbons (Fsp3) is 0.500. The third kappa shape index (κ3) is 87.5. The monoisotopic (exact) mass is 89.1 g/mol. The number of hydrogen-bond acceptors (Lipinski definition) is 2. The average molecular weight is 89.1 g/mol. The van der Waals surface area contributed by atoms with E-state index >= 15 is 0 Å². The highest BCUT2D eigenvalue weighted by atomic mass is 16.2. The van der Waals surface area contributed by atoms with E-state index in [4.69, 9.17) is 5.11 Å². The van der Waals surface area contributed by atoms with Gasteiger partial charge in [0.25, 0.3) is 0 Å². The third-order valence-corrected chi connectivity index (χ3v) is 0. The Bertz CT molecular complexity index is 21.5. The summed E-state index contributed by atoms with van der Waals surface area (Å²) in [5.74, 6) is 0. The molecule has 0 amide bonds. The first-order chi connectivity index (χ1) is 2.83. The maximum absolute atomic E-state index is 7.57. The van der Waals surface area contributed by atoms with Gasteiger partial charge in [0.1, 0.15) is 0 Å². The summed E-state index contributed by atoms with van der Waals surface area (Å²) in [6.07, 6.45) is 1.25. The predicted octanol–water partition coefficient (Wildman–Crippen LogP) is 0.0872. The number of nitrogens with two attached hydrogens (primary N) is 1. The van der Waals surface area contributed by atoms with Gasteiger partial charge < -0.3 is 10.8 Å². The lowest BCUT2D eigenvalue weighted by molar-refractivity contribution is 0.318. The van der Waals surface area contributed by atoms with Gasteiger partial charge in [0, 0.05) is 6.61 Å². The van der Waals surface area contributed by atoms with Gasteiger partial charge in [0.2, 0.25) is 0 Å². The molecule has 0 rings (SSSR count). The molecule has 38 valence electrons. The molecule has 0 atom stereocenters. The van der Waals surface area contributed by atoms with Gasteiger partial charge >= 0.3 is 0 Å². The van der Waals surface area contributed by atoms with Crippen LogP contribution in [0.5, 0.6) is 0 Å². The summed E-state index contributed by atoms with van der Waals surface area (Å²) >= 11 is 0. The van der Waals surface area contributed by atoms with Crippen LogP contribution in [0.3, 0.4) is 0 Å². The number of aliphatic hydroxyl groups excluding tert-OH is 1. The lowest BCUT2D eigenvalue weighted by atomic mass is 10.9. The van der Waals surface area contributed by atoms with Crippen LogP contribution < -0.4 is 5.73 Å². The molecule has 0 saturated heterocycles. The quantitative estimate of drug-likeness (QED) is 0.441. The summed E-state index contributed by atoms with van der Waals surface area (Å²) in [4.78, 5) is 0. The van der Waals surface area contributed by atoms with E-state index in [-0.39, 0.29) is 6.61 Å². The minimum Gasteiger partial charge on any atom is -0.405 e. The summed E-state index contributed by atoms with van der Waals surface area (Å²) in [6.45, 7) is 5.07. The minimum absolute atomic E-state index is 0.250. The SMILES string of the molecule is C=CN.CCO. The molecule has 0 unspecified atom stereocenters. The Morgan fingerprint density at radius 1 is 2.00 bits per heavy atom. The molecule has 0 aliphatic heterocycles. The van der Waals surface area contributed by atoms with Crippen LogP contribution in [0, 0.1) is 0 Å². The van der Waals surface area contributed by atoms with Crippen LogP contribution in [0.25, 0.3) is 0 Å². The summed E-state index contributed by atoms with van der Waals surface area (Å²) < 4.78 is 0. The highest BCUT2D eigenvalue weighted by molar-refractivity contribution is 4.48. The largest absolute Gasteiger partial charge is 0.405 e. The summed E-state index contributed by atoms with van der Waals surface area (Å²) in [5.41, 5.74) is 4.61. The molecule has 0 radical (unpaired) electrons. The Labute approximate surface area is 38.3 Å². The van der Waals surface area contributed by atoms with Crippen LogP contribution >= 0.6 is 0 Å². The lowest BCUT2D eigenvalue weighted by Crippen LogP contribution is -1.67. The average Bonchev–Trinajstić information content (AvgIpc) is 1.39. The molecular formula is C4H11NO. The van der Waals surface area contributed by atoms with Crippen molar-refractivity contribution in [2.75, 3.05) is 6.61 Å². The van der Waals surface area contributed by atoms with Crippen molar-refractivity contribution in [1.29, 1.82) is 0 Å². The van der Waals surface area contributed by atoms with Crippen LogP contribution in [-0.4, -0.2) is 11.7 Å². The zero-order chi connectivity index (χ0) is 5.41. The van der Waals surface area contributed by atoms with Gasteiger partial charge in [-0.15, -0.1) is 0 Å². The topological polar surface area (TPSA) is 46.2 Å². The standard InChI is InChI=1S/C2H5N.C2H6O/c2*1-2-3/h2H,1,3H2;3H,2H2,1H3. The van der Waals surface area contributed by atoms with E-state index < -0.39 is 0 Å².